The Hall–Kier alpha value is -1.51. The molecule has 1 aliphatic heterocycles. The Morgan fingerprint density at radius 2 is 2.14 bits per heavy atom. The molecule has 1 N–H and O–H groups in total. The summed E-state index contributed by atoms with van der Waals surface area (Å²) in [5.41, 5.74) is 0.660. The zero-order valence-corrected chi connectivity index (χ0v) is 19.1. The summed E-state index contributed by atoms with van der Waals surface area (Å²) in [6, 6.07) is 3.88. The summed E-state index contributed by atoms with van der Waals surface area (Å²) >= 11 is 1.55. The van der Waals surface area contributed by atoms with Crippen LogP contribution in [0.3, 0.4) is 0 Å². The summed E-state index contributed by atoms with van der Waals surface area (Å²) in [5.74, 6) is 2.77. The molecule has 3 heterocycles. The van der Waals surface area contributed by atoms with Crippen LogP contribution in [0.2, 0.25) is 0 Å². The number of nitrogens with one attached hydrogen (secondary N) is 1. The Bertz CT molecular complexity index is 809. The topological polar surface area (TPSA) is 75.4 Å². The van der Waals surface area contributed by atoms with Crippen LogP contribution in [0.15, 0.2) is 21.9 Å². The average molecular weight is 438 g/mol. The van der Waals surface area contributed by atoms with Crippen LogP contribution >= 0.6 is 11.3 Å². The first-order chi connectivity index (χ1) is 13.9. The molecule has 3 atom stereocenters. The maximum absolute atomic E-state index is 12.4. The van der Waals surface area contributed by atoms with Crippen molar-refractivity contribution in [1.82, 2.24) is 15.2 Å². The summed E-state index contributed by atoms with van der Waals surface area (Å²) in [5, 5.41) is 4.86. The minimum atomic E-state index is -1.31. The van der Waals surface area contributed by atoms with Crippen molar-refractivity contribution >= 4 is 28.0 Å². The van der Waals surface area contributed by atoms with Gasteiger partial charge in [0.05, 0.1) is 16.3 Å². The summed E-state index contributed by atoms with van der Waals surface area (Å²) in [6.45, 7) is 10.3. The standard InChI is InChI=1S/C21H31N3O3S2/c1-15-10-16(2)12-24(11-15)8-5-7-22-20(25)14-29(26)13-18-17(3)27-21(23-18)19-6-4-9-28-19/h4,6,9,15-16H,5,7-8,10-14H2,1-3H3,(H,22,25)/t15-,16-,29-/m1/s1. The number of aromatic nitrogens is 1. The molecular formula is C21H31N3O3S2. The van der Waals surface area contributed by atoms with Gasteiger partial charge in [-0.15, -0.1) is 11.3 Å². The first kappa shape index (κ1) is 22.2. The lowest BCUT2D eigenvalue weighted by atomic mass is 9.92. The Labute approximate surface area is 179 Å². The zero-order chi connectivity index (χ0) is 20.8. The van der Waals surface area contributed by atoms with Crippen molar-refractivity contribution in [2.24, 2.45) is 11.8 Å². The van der Waals surface area contributed by atoms with Gasteiger partial charge in [-0.2, -0.15) is 0 Å². The van der Waals surface area contributed by atoms with E-state index in [1.54, 1.807) is 11.3 Å². The molecule has 0 radical (unpaired) electrons. The molecule has 29 heavy (non-hydrogen) atoms. The van der Waals surface area contributed by atoms with Gasteiger partial charge in [-0.05, 0) is 49.6 Å². The SMILES string of the molecule is Cc1oc(-c2cccs2)nc1C[S@@](=O)CC(=O)NCCCN1C[C@H](C)C[C@@H](C)C1. The highest BCUT2D eigenvalue weighted by Crippen LogP contribution is 2.26. The quantitative estimate of drug-likeness (QED) is 0.608. The van der Waals surface area contributed by atoms with Crippen molar-refractivity contribution in [2.75, 3.05) is 31.9 Å². The van der Waals surface area contributed by atoms with E-state index >= 15 is 0 Å². The summed E-state index contributed by atoms with van der Waals surface area (Å²) in [6.07, 6.45) is 2.23. The van der Waals surface area contributed by atoms with Crippen LogP contribution in [0.1, 0.15) is 38.1 Å². The third-order valence-corrected chi connectivity index (χ3v) is 7.17. The molecule has 0 saturated carbocycles. The van der Waals surface area contributed by atoms with Crippen LogP contribution in [0, 0.1) is 18.8 Å². The Balaban J connectivity index is 1.37. The lowest BCUT2D eigenvalue weighted by molar-refractivity contribution is -0.118. The molecule has 1 saturated heterocycles. The smallest absolute Gasteiger partial charge is 0.236 e. The molecule has 1 amide bonds. The fourth-order valence-corrected chi connectivity index (χ4v) is 5.69. The predicted molar refractivity (Wildman–Crippen MR) is 118 cm³/mol. The molecule has 160 valence electrons. The number of hydrogen-bond acceptors (Lipinski definition) is 6. The van der Waals surface area contributed by atoms with Crippen molar-refractivity contribution < 1.29 is 13.4 Å². The second-order valence-corrected chi connectivity index (χ2v) is 10.5. The normalized spacial score (nSPS) is 21.2. The van der Waals surface area contributed by atoms with Gasteiger partial charge in [0.2, 0.25) is 11.8 Å². The van der Waals surface area contributed by atoms with E-state index in [2.05, 4.69) is 29.0 Å². The molecule has 8 heteroatoms. The molecule has 0 bridgehead atoms. The Morgan fingerprint density at radius 1 is 1.38 bits per heavy atom. The van der Waals surface area contributed by atoms with Gasteiger partial charge in [0.15, 0.2) is 0 Å². The number of rotatable bonds is 9. The second kappa shape index (κ2) is 10.5. The maximum atomic E-state index is 12.4. The van der Waals surface area contributed by atoms with Crippen LogP contribution in [-0.4, -0.2) is 51.9 Å². The molecule has 0 spiro atoms. The number of hydrogen-bond donors (Lipinski definition) is 1. The van der Waals surface area contributed by atoms with Gasteiger partial charge < -0.3 is 14.6 Å². The van der Waals surface area contributed by atoms with Crippen LogP contribution < -0.4 is 5.32 Å². The third kappa shape index (κ3) is 6.76. The maximum Gasteiger partial charge on any atom is 0.236 e. The molecule has 3 rings (SSSR count). The minimum Gasteiger partial charge on any atom is -0.440 e. The van der Waals surface area contributed by atoms with Crippen molar-refractivity contribution in [1.29, 1.82) is 0 Å². The highest BCUT2D eigenvalue weighted by molar-refractivity contribution is 7.84. The van der Waals surface area contributed by atoms with E-state index < -0.39 is 10.8 Å². The first-order valence-electron chi connectivity index (χ1n) is 10.2. The van der Waals surface area contributed by atoms with Gasteiger partial charge in [-0.25, -0.2) is 4.98 Å². The second-order valence-electron chi connectivity index (χ2n) is 8.14. The summed E-state index contributed by atoms with van der Waals surface area (Å²) < 4.78 is 18.1. The van der Waals surface area contributed by atoms with Crippen molar-refractivity contribution in [3.8, 4) is 10.8 Å². The number of carbonyl (C=O) groups is 1. The van der Waals surface area contributed by atoms with E-state index in [0.717, 1.165) is 42.8 Å². The molecule has 0 unspecified atom stereocenters. The number of oxazole rings is 1. The minimum absolute atomic E-state index is 0.00157. The molecule has 0 aromatic carbocycles. The van der Waals surface area contributed by atoms with Crippen LogP contribution in [0.25, 0.3) is 10.8 Å². The highest BCUT2D eigenvalue weighted by Gasteiger charge is 2.21. The van der Waals surface area contributed by atoms with Crippen molar-refractivity contribution in [2.45, 2.75) is 39.4 Å². The number of likely N-dealkylation sites (tertiary alicyclic amines) is 1. The van der Waals surface area contributed by atoms with E-state index in [-0.39, 0.29) is 17.4 Å². The number of piperidine rings is 1. The number of aryl methyl sites for hydroxylation is 1. The van der Waals surface area contributed by atoms with Crippen LogP contribution in [0.4, 0.5) is 0 Å². The Morgan fingerprint density at radius 3 is 2.83 bits per heavy atom. The molecule has 2 aromatic heterocycles. The third-order valence-electron chi connectivity index (χ3n) is 5.13. The predicted octanol–water partition coefficient (Wildman–Crippen LogP) is 3.44. The lowest BCUT2D eigenvalue weighted by Gasteiger charge is -2.34. The van der Waals surface area contributed by atoms with Crippen molar-refractivity contribution in [3.63, 3.8) is 0 Å². The summed E-state index contributed by atoms with van der Waals surface area (Å²) in [7, 11) is -1.31. The molecule has 0 aliphatic carbocycles. The largest absolute Gasteiger partial charge is 0.440 e. The zero-order valence-electron chi connectivity index (χ0n) is 17.5. The monoisotopic (exact) mass is 437 g/mol. The molecule has 1 aliphatic rings. The number of thiophene rings is 1. The Kier molecular flexibility index (Phi) is 8.03. The van der Waals surface area contributed by atoms with E-state index in [4.69, 9.17) is 4.42 Å². The van der Waals surface area contributed by atoms with Gasteiger partial charge in [-0.1, -0.05) is 19.9 Å². The van der Waals surface area contributed by atoms with E-state index in [1.165, 1.54) is 6.42 Å². The average Bonchev–Trinajstić information content (AvgIpc) is 3.28. The fourth-order valence-electron chi connectivity index (χ4n) is 3.97. The van der Waals surface area contributed by atoms with Crippen LogP contribution in [0.5, 0.6) is 0 Å². The lowest BCUT2D eigenvalue weighted by Crippen LogP contribution is -2.40. The van der Waals surface area contributed by atoms with Gasteiger partial charge in [0, 0.05) is 30.4 Å². The van der Waals surface area contributed by atoms with E-state index in [9.17, 15) is 9.00 Å². The molecule has 6 nitrogen and oxygen atoms in total. The van der Waals surface area contributed by atoms with Crippen LogP contribution in [-0.2, 0) is 21.3 Å². The number of nitrogens with zero attached hydrogens (tertiary/aromatic N) is 2. The fraction of sp³-hybridized carbons (Fsp3) is 0.619. The molecule has 2 aromatic rings. The van der Waals surface area contributed by atoms with E-state index in [0.29, 0.717) is 23.9 Å². The van der Waals surface area contributed by atoms with Gasteiger partial charge in [-0.3, -0.25) is 9.00 Å². The molecular weight excluding hydrogens is 406 g/mol. The highest BCUT2D eigenvalue weighted by atomic mass is 32.2. The van der Waals surface area contributed by atoms with E-state index in [1.807, 2.05) is 24.4 Å². The number of amides is 1. The first-order valence-corrected chi connectivity index (χ1v) is 12.6. The van der Waals surface area contributed by atoms with Crippen molar-refractivity contribution in [3.05, 3.63) is 29.0 Å². The van der Waals surface area contributed by atoms with Gasteiger partial charge in [0.25, 0.3) is 0 Å². The number of carbonyl (C=O) groups excluding carboxylic acids is 1. The van der Waals surface area contributed by atoms with Gasteiger partial charge >= 0.3 is 0 Å². The van der Waals surface area contributed by atoms with Gasteiger partial charge in [0.1, 0.15) is 11.5 Å². The summed E-state index contributed by atoms with van der Waals surface area (Å²) in [4.78, 5) is 20.0. The molecule has 1 fully saturated rings.